The molecule has 0 spiro atoms. The molecule has 1 aliphatic rings. The molecule has 0 aromatic carbocycles. The number of aryl methyl sites for hydroxylation is 1. The van der Waals surface area contributed by atoms with Crippen LogP contribution < -0.4 is 0 Å². The minimum absolute atomic E-state index is 0.170. The molecule has 1 aromatic heterocycles. The number of alkyl halides is 1. The van der Waals surface area contributed by atoms with Crippen LogP contribution in [0.3, 0.4) is 0 Å². The van der Waals surface area contributed by atoms with Gasteiger partial charge < -0.3 is 4.74 Å². The van der Waals surface area contributed by atoms with Crippen LogP contribution in [0.2, 0.25) is 0 Å². The summed E-state index contributed by atoms with van der Waals surface area (Å²) in [5.41, 5.74) is 0.818. The van der Waals surface area contributed by atoms with E-state index in [0.717, 1.165) is 5.69 Å². The maximum Gasteiger partial charge on any atom is 0.146 e. The first-order chi connectivity index (χ1) is 6.27. The highest BCUT2D eigenvalue weighted by Gasteiger charge is 2.27. The quantitative estimate of drug-likeness (QED) is 0.652. The molecule has 0 bridgehead atoms. The average Bonchev–Trinajstić information content (AvgIpc) is 2.53. The fourth-order valence-electron chi connectivity index (χ4n) is 1.52. The smallest absolute Gasteiger partial charge is 0.146 e. The van der Waals surface area contributed by atoms with Gasteiger partial charge in [-0.15, -0.1) is 5.10 Å². The van der Waals surface area contributed by atoms with Crippen molar-refractivity contribution in [3.8, 4) is 0 Å². The highest BCUT2D eigenvalue weighted by molar-refractivity contribution is 4.90. The van der Waals surface area contributed by atoms with Gasteiger partial charge in [0.25, 0.3) is 0 Å². The van der Waals surface area contributed by atoms with Gasteiger partial charge in [0.15, 0.2) is 0 Å². The standard InChI is InChI=1S/C8H12FN3O/c1-6-4-12(11-10-6)8-2-3-13-5-7(8)9/h4,7-8H,2-3,5H2,1H3/t7-,8+/m1/s1. The van der Waals surface area contributed by atoms with Crippen LogP contribution in [0.25, 0.3) is 0 Å². The van der Waals surface area contributed by atoms with Gasteiger partial charge in [0.2, 0.25) is 0 Å². The number of halogens is 1. The highest BCUT2D eigenvalue weighted by Crippen LogP contribution is 2.22. The number of hydrogen-bond acceptors (Lipinski definition) is 3. The molecule has 0 N–H and O–H groups in total. The highest BCUT2D eigenvalue weighted by atomic mass is 19.1. The Morgan fingerprint density at radius 3 is 3.15 bits per heavy atom. The Kier molecular flexibility index (Phi) is 2.26. The molecule has 72 valence electrons. The van der Waals surface area contributed by atoms with E-state index in [4.69, 9.17) is 4.74 Å². The first kappa shape index (κ1) is 8.62. The molecular weight excluding hydrogens is 173 g/mol. The van der Waals surface area contributed by atoms with Crippen molar-refractivity contribution in [3.05, 3.63) is 11.9 Å². The summed E-state index contributed by atoms with van der Waals surface area (Å²) in [5.74, 6) is 0. The minimum Gasteiger partial charge on any atom is -0.378 e. The summed E-state index contributed by atoms with van der Waals surface area (Å²) < 4.78 is 19.9. The van der Waals surface area contributed by atoms with Gasteiger partial charge in [0, 0.05) is 12.8 Å². The Morgan fingerprint density at radius 1 is 1.69 bits per heavy atom. The van der Waals surface area contributed by atoms with Crippen LogP contribution in [0, 0.1) is 6.92 Å². The summed E-state index contributed by atoms with van der Waals surface area (Å²) in [4.78, 5) is 0. The van der Waals surface area contributed by atoms with Crippen LogP contribution in [0.5, 0.6) is 0 Å². The second-order valence-electron chi connectivity index (χ2n) is 3.29. The van der Waals surface area contributed by atoms with E-state index >= 15 is 0 Å². The normalized spacial score (nSPS) is 29.1. The summed E-state index contributed by atoms with van der Waals surface area (Å²) in [6.07, 6.45) is 1.47. The first-order valence-electron chi connectivity index (χ1n) is 4.37. The Hall–Kier alpha value is -0.970. The molecule has 1 aromatic rings. The van der Waals surface area contributed by atoms with Crippen LogP contribution in [-0.2, 0) is 4.74 Å². The van der Waals surface area contributed by atoms with E-state index in [-0.39, 0.29) is 12.6 Å². The maximum atomic E-state index is 13.3. The van der Waals surface area contributed by atoms with Gasteiger partial charge in [-0.3, -0.25) is 0 Å². The largest absolute Gasteiger partial charge is 0.378 e. The van der Waals surface area contributed by atoms with Gasteiger partial charge >= 0.3 is 0 Å². The maximum absolute atomic E-state index is 13.3. The van der Waals surface area contributed by atoms with E-state index < -0.39 is 6.17 Å². The van der Waals surface area contributed by atoms with E-state index in [9.17, 15) is 4.39 Å². The summed E-state index contributed by atoms with van der Waals surface area (Å²) in [7, 11) is 0. The van der Waals surface area contributed by atoms with Crippen LogP contribution in [0.4, 0.5) is 4.39 Å². The van der Waals surface area contributed by atoms with Crippen molar-refractivity contribution in [2.45, 2.75) is 25.6 Å². The zero-order chi connectivity index (χ0) is 9.26. The van der Waals surface area contributed by atoms with Crippen LogP contribution >= 0.6 is 0 Å². The second-order valence-corrected chi connectivity index (χ2v) is 3.29. The predicted octanol–water partition coefficient (Wildman–Crippen LogP) is 0.886. The average molecular weight is 185 g/mol. The topological polar surface area (TPSA) is 39.9 Å². The van der Waals surface area contributed by atoms with Crippen molar-refractivity contribution in [2.24, 2.45) is 0 Å². The zero-order valence-corrected chi connectivity index (χ0v) is 7.48. The van der Waals surface area contributed by atoms with Crippen molar-refractivity contribution in [3.63, 3.8) is 0 Å². The van der Waals surface area contributed by atoms with Gasteiger partial charge in [-0.1, -0.05) is 5.21 Å². The lowest BCUT2D eigenvalue weighted by molar-refractivity contribution is -0.000636. The minimum atomic E-state index is -0.963. The fourth-order valence-corrected chi connectivity index (χ4v) is 1.52. The molecule has 2 heterocycles. The summed E-state index contributed by atoms with van der Waals surface area (Å²) in [5, 5.41) is 7.69. The molecule has 0 radical (unpaired) electrons. The Bertz CT molecular complexity index is 289. The summed E-state index contributed by atoms with van der Waals surface area (Å²) >= 11 is 0. The van der Waals surface area contributed by atoms with Crippen LogP contribution in [-0.4, -0.2) is 34.4 Å². The molecule has 4 nitrogen and oxygen atoms in total. The van der Waals surface area contributed by atoms with Gasteiger partial charge in [-0.05, 0) is 13.3 Å². The third kappa shape index (κ3) is 1.70. The third-order valence-corrected chi connectivity index (χ3v) is 2.22. The summed E-state index contributed by atoms with van der Waals surface area (Å²) in [6, 6.07) is -0.199. The molecule has 2 rings (SSSR count). The number of ether oxygens (including phenoxy) is 1. The molecular formula is C8H12FN3O. The van der Waals surface area contributed by atoms with Crippen molar-refractivity contribution in [1.29, 1.82) is 0 Å². The van der Waals surface area contributed by atoms with Crippen LogP contribution in [0.15, 0.2) is 6.20 Å². The fraction of sp³-hybridized carbons (Fsp3) is 0.750. The molecule has 1 saturated heterocycles. The Morgan fingerprint density at radius 2 is 2.54 bits per heavy atom. The lowest BCUT2D eigenvalue weighted by atomic mass is 10.1. The molecule has 0 saturated carbocycles. The van der Waals surface area contributed by atoms with E-state index in [1.807, 2.05) is 6.92 Å². The predicted molar refractivity (Wildman–Crippen MR) is 44.1 cm³/mol. The third-order valence-electron chi connectivity index (χ3n) is 2.22. The molecule has 13 heavy (non-hydrogen) atoms. The first-order valence-corrected chi connectivity index (χ1v) is 4.37. The van der Waals surface area contributed by atoms with Gasteiger partial charge in [-0.2, -0.15) is 0 Å². The molecule has 2 atom stereocenters. The second kappa shape index (κ2) is 3.41. The summed E-state index contributed by atoms with van der Waals surface area (Å²) in [6.45, 7) is 2.61. The SMILES string of the molecule is Cc1cn([C@H]2CCOC[C@H]2F)nn1. The van der Waals surface area contributed by atoms with E-state index in [2.05, 4.69) is 10.3 Å². The molecule has 0 aliphatic carbocycles. The van der Waals surface area contributed by atoms with E-state index in [1.165, 1.54) is 0 Å². The van der Waals surface area contributed by atoms with Crippen molar-refractivity contribution in [2.75, 3.05) is 13.2 Å². The van der Waals surface area contributed by atoms with Crippen LogP contribution in [0.1, 0.15) is 18.2 Å². The van der Waals surface area contributed by atoms with Crippen molar-refractivity contribution < 1.29 is 9.13 Å². The monoisotopic (exact) mass is 185 g/mol. The Balaban J connectivity index is 2.14. The van der Waals surface area contributed by atoms with Gasteiger partial charge in [0.1, 0.15) is 6.17 Å². The number of rotatable bonds is 1. The van der Waals surface area contributed by atoms with Crippen molar-refractivity contribution in [1.82, 2.24) is 15.0 Å². The number of hydrogen-bond donors (Lipinski definition) is 0. The van der Waals surface area contributed by atoms with E-state index in [1.54, 1.807) is 10.9 Å². The zero-order valence-electron chi connectivity index (χ0n) is 7.48. The number of nitrogens with zero attached hydrogens (tertiary/aromatic N) is 3. The molecule has 0 amide bonds. The lowest BCUT2D eigenvalue weighted by Crippen LogP contribution is -2.31. The molecule has 1 fully saturated rings. The number of aromatic nitrogens is 3. The Labute approximate surface area is 75.7 Å². The molecule has 5 heteroatoms. The van der Waals surface area contributed by atoms with Gasteiger partial charge in [0.05, 0.1) is 18.3 Å². The van der Waals surface area contributed by atoms with Crippen molar-refractivity contribution >= 4 is 0 Å². The van der Waals surface area contributed by atoms with E-state index in [0.29, 0.717) is 13.0 Å². The molecule has 1 aliphatic heterocycles. The van der Waals surface area contributed by atoms with Gasteiger partial charge in [-0.25, -0.2) is 9.07 Å². The molecule has 0 unspecified atom stereocenters. The lowest BCUT2D eigenvalue weighted by Gasteiger charge is -2.25.